The summed E-state index contributed by atoms with van der Waals surface area (Å²) >= 11 is 0. The molecule has 1 N–H and O–H groups in total. The number of carbonyl (C=O) groups excluding carboxylic acids is 3. The van der Waals surface area contributed by atoms with E-state index < -0.39 is 24.7 Å². The summed E-state index contributed by atoms with van der Waals surface area (Å²) in [6, 6.07) is 22.0. The predicted molar refractivity (Wildman–Crippen MR) is 151 cm³/mol. The molecule has 0 saturated heterocycles. The van der Waals surface area contributed by atoms with Crippen molar-refractivity contribution in [2.75, 3.05) is 19.8 Å². The number of ether oxygens (including phenoxy) is 4. The standard InChI is InChI=1S/C32H30O8/c1-3-30(34)37-20-4-5-21-38-32(36)40-29-16-10-25(11-17-29)7-6-24-8-12-26(13-9-24)27-14-18-28(19-15-27)39-31(35)23(2)22-33/h3,6-19,33H,1-2,4-5,20-22H2/b7-6+. The number of aliphatic hydroxyl groups excluding tert-OH is 1. The van der Waals surface area contributed by atoms with Gasteiger partial charge in [-0.05, 0) is 59.4 Å². The van der Waals surface area contributed by atoms with Crippen LogP contribution in [0.3, 0.4) is 0 Å². The minimum Gasteiger partial charge on any atom is -0.463 e. The molecule has 3 aromatic carbocycles. The molecule has 206 valence electrons. The molecule has 0 aliphatic carbocycles. The molecule has 0 saturated carbocycles. The van der Waals surface area contributed by atoms with E-state index in [1.807, 2.05) is 60.7 Å². The van der Waals surface area contributed by atoms with Crippen LogP contribution in [0.25, 0.3) is 23.3 Å². The number of hydrogen-bond donors (Lipinski definition) is 1. The zero-order valence-corrected chi connectivity index (χ0v) is 21.9. The van der Waals surface area contributed by atoms with Crippen LogP contribution in [-0.4, -0.2) is 43.0 Å². The van der Waals surface area contributed by atoms with E-state index >= 15 is 0 Å². The fourth-order valence-corrected chi connectivity index (χ4v) is 3.30. The number of rotatable bonds is 13. The lowest BCUT2D eigenvalue weighted by atomic mass is 10.0. The molecule has 40 heavy (non-hydrogen) atoms. The molecular weight excluding hydrogens is 512 g/mol. The van der Waals surface area contributed by atoms with Crippen LogP contribution in [0.2, 0.25) is 0 Å². The Bertz CT molecular complexity index is 1340. The Labute approximate surface area is 232 Å². The van der Waals surface area contributed by atoms with Crippen molar-refractivity contribution in [3.05, 3.63) is 109 Å². The van der Waals surface area contributed by atoms with Crippen LogP contribution in [0, 0.1) is 0 Å². The van der Waals surface area contributed by atoms with E-state index in [2.05, 4.69) is 13.2 Å². The van der Waals surface area contributed by atoms with Crippen molar-refractivity contribution in [1.29, 1.82) is 0 Å². The Morgan fingerprint density at radius 2 is 1.18 bits per heavy atom. The Morgan fingerprint density at radius 1 is 0.700 bits per heavy atom. The van der Waals surface area contributed by atoms with Gasteiger partial charge in [0.25, 0.3) is 0 Å². The molecule has 0 fully saturated rings. The van der Waals surface area contributed by atoms with E-state index in [0.29, 0.717) is 24.3 Å². The molecular formula is C32H30O8. The van der Waals surface area contributed by atoms with E-state index in [9.17, 15) is 14.4 Å². The Hall–Kier alpha value is -4.95. The molecule has 3 rings (SSSR count). The highest BCUT2D eigenvalue weighted by Crippen LogP contribution is 2.24. The van der Waals surface area contributed by atoms with E-state index in [0.717, 1.165) is 28.3 Å². The minimum absolute atomic E-state index is 0.00737. The molecule has 0 radical (unpaired) electrons. The Kier molecular flexibility index (Phi) is 11.4. The van der Waals surface area contributed by atoms with Crippen molar-refractivity contribution in [3.8, 4) is 22.6 Å². The Balaban J connectivity index is 1.44. The zero-order valence-electron chi connectivity index (χ0n) is 21.9. The molecule has 0 spiro atoms. The maximum absolute atomic E-state index is 11.8. The van der Waals surface area contributed by atoms with E-state index in [4.69, 9.17) is 24.1 Å². The van der Waals surface area contributed by atoms with Crippen LogP contribution in [0.4, 0.5) is 4.79 Å². The van der Waals surface area contributed by atoms with Gasteiger partial charge in [0.05, 0.1) is 25.4 Å². The highest BCUT2D eigenvalue weighted by Gasteiger charge is 2.09. The van der Waals surface area contributed by atoms with Gasteiger partial charge in [-0.25, -0.2) is 14.4 Å². The van der Waals surface area contributed by atoms with Crippen molar-refractivity contribution in [3.63, 3.8) is 0 Å². The van der Waals surface area contributed by atoms with E-state index in [1.54, 1.807) is 24.3 Å². The molecule has 0 heterocycles. The lowest BCUT2D eigenvalue weighted by Crippen LogP contribution is -2.12. The van der Waals surface area contributed by atoms with Gasteiger partial charge in [-0.3, -0.25) is 0 Å². The zero-order chi connectivity index (χ0) is 28.7. The molecule has 0 atom stereocenters. The summed E-state index contributed by atoms with van der Waals surface area (Å²) in [5.41, 5.74) is 3.87. The van der Waals surface area contributed by atoms with Crippen molar-refractivity contribution < 1.29 is 38.4 Å². The summed E-state index contributed by atoms with van der Waals surface area (Å²) in [4.78, 5) is 34.5. The first-order valence-electron chi connectivity index (χ1n) is 12.5. The lowest BCUT2D eigenvalue weighted by Gasteiger charge is -2.07. The lowest BCUT2D eigenvalue weighted by molar-refractivity contribution is -0.138. The third-order valence-corrected chi connectivity index (χ3v) is 5.51. The highest BCUT2D eigenvalue weighted by molar-refractivity contribution is 5.89. The fourth-order valence-electron chi connectivity index (χ4n) is 3.30. The molecule has 3 aromatic rings. The van der Waals surface area contributed by atoms with Gasteiger partial charge >= 0.3 is 18.1 Å². The monoisotopic (exact) mass is 542 g/mol. The van der Waals surface area contributed by atoms with Gasteiger partial charge < -0.3 is 24.1 Å². The van der Waals surface area contributed by atoms with Crippen LogP contribution in [0.15, 0.2) is 97.6 Å². The number of benzene rings is 3. The first-order valence-corrected chi connectivity index (χ1v) is 12.5. The van der Waals surface area contributed by atoms with Gasteiger partial charge in [0.1, 0.15) is 11.5 Å². The average Bonchev–Trinajstić information content (AvgIpc) is 2.98. The van der Waals surface area contributed by atoms with E-state index in [1.165, 1.54) is 0 Å². The SMILES string of the molecule is C=CC(=O)OCCCCOC(=O)Oc1ccc(/C=C/c2ccc(-c3ccc(OC(=O)C(=C)CO)cc3)cc2)cc1. The van der Waals surface area contributed by atoms with Crippen LogP contribution in [0.1, 0.15) is 24.0 Å². The second-order valence-corrected chi connectivity index (χ2v) is 8.48. The number of aliphatic hydroxyl groups is 1. The summed E-state index contributed by atoms with van der Waals surface area (Å²) in [5, 5.41) is 8.96. The number of carbonyl (C=O) groups is 3. The minimum atomic E-state index is -0.797. The van der Waals surface area contributed by atoms with Gasteiger partial charge in [-0.2, -0.15) is 0 Å². The Morgan fingerprint density at radius 3 is 1.73 bits per heavy atom. The predicted octanol–water partition coefficient (Wildman–Crippen LogP) is 6.00. The van der Waals surface area contributed by atoms with Crippen LogP contribution in [0.5, 0.6) is 11.5 Å². The maximum Gasteiger partial charge on any atom is 0.513 e. The number of esters is 2. The van der Waals surface area contributed by atoms with Crippen molar-refractivity contribution in [2.24, 2.45) is 0 Å². The van der Waals surface area contributed by atoms with Crippen molar-refractivity contribution in [2.45, 2.75) is 12.8 Å². The summed E-state index contributed by atoms with van der Waals surface area (Å²) in [6.45, 7) is 6.71. The quantitative estimate of drug-likeness (QED) is 0.0699. The van der Waals surface area contributed by atoms with Crippen molar-refractivity contribution >= 4 is 30.2 Å². The molecule has 0 aromatic heterocycles. The summed E-state index contributed by atoms with van der Waals surface area (Å²) < 4.78 is 20.2. The first kappa shape index (κ1) is 29.6. The summed E-state index contributed by atoms with van der Waals surface area (Å²) in [7, 11) is 0. The molecule has 0 aliphatic heterocycles. The fraction of sp³-hybridized carbons (Fsp3) is 0.156. The number of hydrogen-bond acceptors (Lipinski definition) is 8. The molecule has 8 heteroatoms. The van der Waals surface area contributed by atoms with Gasteiger partial charge in [-0.15, -0.1) is 0 Å². The molecule has 0 unspecified atom stereocenters. The molecule has 0 bridgehead atoms. The van der Waals surface area contributed by atoms with Crippen LogP contribution >= 0.6 is 0 Å². The van der Waals surface area contributed by atoms with Gasteiger partial charge in [0.15, 0.2) is 0 Å². The topological polar surface area (TPSA) is 108 Å². The third kappa shape index (κ3) is 9.74. The van der Waals surface area contributed by atoms with Gasteiger partial charge in [-0.1, -0.05) is 73.8 Å². The average molecular weight is 543 g/mol. The second kappa shape index (κ2) is 15.5. The highest BCUT2D eigenvalue weighted by atomic mass is 16.7. The number of unbranched alkanes of at least 4 members (excludes halogenated alkanes) is 1. The van der Waals surface area contributed by atoms with Gasteiger partial charge in [0.2, 0.25) is 0 Å². The molecule has 0 amide bonds. The first-order chi connectivity index (χ1) is 19.4. The molecule has 8 nitrogen and oxygen atoms in total. The van der Waals surface area contributed by atoms with E-state index in [-0.39, 0.29) is 18.8 Å². The van der Waals surface area contributed by atoms with Crippen molar-refractivity contribution in [1.82, 2.24) is 0 Å². The largest absolute Gasteiger partial charge is 0.513 e. The van der Waals surface area contributed by atoms with Crippen LogP contribution in [-0.2, 0) is 19.1 Å². The van der Waals surface area contributed by atoms with Gasteiger partial charge in [0, 0.05) is 6.08 Å². The summed E-state index contributed by atoms with van der Waals surface area (Å²) in [5.74, 6) is -0.405. The smallest absolute Gasteiger partial charge is 0.463 e. The molecule has 0 aliphatic rings. The normalized spacial score (nSPS) is 10.5. The van der Waals surface area contributed by atoms with Crippen LogP contribution < -0.4 is 9.47 Å². The second-order valence-electron chi connectivity index (χ2n) is 8.48. The summed E-state index contributed by atoms with van der Waals surface area (Å²) in [6.07, 6.45) is 5.31. The maximum atomic E-state index is 11.8. The third-order valence-electron chi connectivity index (χ3n) is 5.51.